The van der Waals surface area contributed by atoms with Crippen molar-refractivity contribution in [2.24, 2.45) is 0 Å². The fourth-order valence-corrected chi connectivity index (χ4v) is 2.48. The van der Waals surface area contributed by atoms with Crippen molar-refractivity contribution in [3.05, 3.63) is 10.0 Å². The molecule has 1 heterocycles. The van der Waals surface area contributed by atoms with Gasteiger partial charge < -0.3 is 5.32 Å². The van der Waals surface area contributed by atoms with E-state index in [9.17, 15) is 13.2 Å². The Morgan fingerprint density at radius 2 is 2.00 bits per heavy atom. The highest BCUT2D eigenvalue weighted by Crippen LogP contribution is 2.25. The average Bonchev–Trinajstić information content (AvgIpc) is 2.75. The van der Waals surface area contributed by atoms with Gasteiger partial charge in [0.15, 0.2) is 0 Å². The quantitative estimate of drug-likeness (QED) is 0.831. The van der Waals surface area contributed by atoms with Gasteiger partial charge >= 0.3 is 6.18 Å². The van der Waals surface area contributed by atoms with E-state index in [1.54, 1.807) is 0 Å². The Morgan fingerprint density at radius 1 is 1.28 bits per heavy atom. The summed E-state index contributed by atoms with van der Waals surface area (Å²) in [6, 6.07) is 0.0992. The zero-order chi connectivity index (χ0) is 13.6. The van der Waals surface area contributed by atoms with Gasteiger partial charge in [-0.15, -0.1) is 10.2 Å². The Hall–Kier alpha value is -0.690. The Bertz CT molecular complexity index is 352. The number of rotatable bonds is 7. The monoisotopic (exact) mass is 281 g/mol. The third-order valence-corrected chi connectivity index (χ3v) is 3.55. The summed E-state index contributed by atoms with van der Waals surface area (Å²) in [4.78, 5) is 0. The lowest BCUT2D eigenvalue weighted by atomic mass is 10.2. The zero-order valence-electron chi connectivity index (χ0n) is 10.5. The maximum absolute atomic E-state index is 12.1. The Labute approximate surface area is 109 Å². The molecule has 104 valence electrons. The summed E-state index contributed by atoms with van der Waals surface area (Å²) in [5, 5.41) is 12.3. The lowest BCUT2D eigenvalue weighted by molar-refractivity contribution is -0.134. The molecule has 0 radical (unpaired) electrons. The van der Waals surface area contributed by atoms with Gasteiger partial charge in [-0.05, 0) is 19.4 Å². The molecule has 1 unspecified atom stereocenters. The van der Waals surface area contributed by atoms with E-state index in [2.05, 4.69) is 22.4 Å². The number of aryl methyl sites for hydroxylation is 1. The molecule has 0 aliphatic carbocycles. The molecule has 1 rings (SSSR count). The van der Waals surface area contributed by atoms with Gasteiger partial charge in [0.05, 0.1) is 6.04 Å². The molecule has 1 N–H and O–H groups in total. The molecular formula is C11H18F3N3S. The summed E-state index contributed by atoms with van der Waals surface area (Å²) in [6.07, 6.45) is -3.17. The largest absolute Gasteiger partial charge is 0.389 e. The van der Waals surface area contributed by atoms with Gasteiger partial charge in [0.1, 0.15) is 10.0 Å². The van der Waals surface area contributed by atoms with Crippen molar-refractivity contribution < 1.29 is 13.2 Å². The second-order valence-corrected chi connectivity index (χ2v) is 5.16. The van der Waals surface area contributed by atoms with Gasteiger partial charge in [0.2, 0.25) is 0 Å². The van der Waals surface area contributed by atoms with E-state index in [1.807, 2.05) is 6.92 Å². The number of nitrogens with one attached hydrogen (secondary N) is 1. The molecule has 0 aliphatic heterocycles. The van der Waals surface area contributed by atoms with E-state index >= 15 is 0 Å². The van der Waals surface area contributed by atoms with Gasteiger partial charge in [-0.25, -0.2) is 0 Å². The van der Waals surface area contributed by atoms with E-state index < -0.39 is 12.6 Å². The van der Waals surface area contributed by atoms with Crippen LogP contribution in [0.15, 0.2) is 0 Å². The van der Waals surface area contributed by atoms with Crippen molar-refractivity contribution in [3.63, 3.8) is 0 Å². The standard InChI is InChI=1S/C11H18F3N3S/c1-3-7-15-8(4-2)10-17-16-9(18-10)5-6-11(12,13)14/h8,15H,3-7H2,1-2H3. The smallest absolute Gasteiger partial charge is 0.308 e. The molecule has 0 bridgehead atoms. The predicted octanol–water partition coefficient (Wildman–Crippen LogP) is 3.48. The SMILES string of the molecule is CCCNC(CC)c1nnc(CCC(F)(F)F)s1. The molecule has 0 aromatic carbocycles. The number of halogens is 3. The third-order valence-electron chi connectivity index (χ3n) is 2.45. The van der Waals surface area contributed by atoms with Crippen LogP contribution in [0.1, 0.15) is 49.2 Å². The Balaban J connectivity index is 2.55. The first-order chi connectivity index (χ1) is 8.46. The predicted molar refractivity (Wildman–Crippen MR) is 65.6 cm³/mol. The topological polar surface area (TPSA) is 37.8 Å². The first-order valence-electron chi connectivity index (χ1n) is 6.08. The van der Waals surface area contributed by atoms with Crippen LogP contribution in [0.4, 0.5) is 13.2 Å². The number of hydrogen-bond acceptors (Lipinski definition) is 4. The van der Waals surface area contributed by atoms with Crippen LogP contribution in [-0.2, 0) is 6.42 Å². The molecular weight excluding hydrogens is 263 g/mol. The Kier molecular flexibility index (Phi) is 6.01. The van der Waals surface area contributed by atoms with Crippen molar-refractivity contribution in [1.82, 2.24) is 15.5 Å². The number of aromatic nitrogens is 2. The molecule has 0 fully saturated rings. The minimum absolute atomic E-state index is 0.0780. The molecule has 0 spiro atoms. The van der Waals surface area contributed by atoms with Crippen molar-refractivity contribution in [2.45, 2.75) is 51.7 Å². The maximum atomic E-state index is 12.1. The van der Waals surface area contributed by atoms with E-state index in [1.165, 1.54) is 11.3 Å². The van der Waals surface area contributed by atoms with Crippen LogP contribution in [-0.4, -0.2) is 22.9 Å². The van der Waals surface area contributed by atoms with Crippen LogP contribution < -0.4 is 5.32 Å². The summed E-state index contributed by atoms with van der Waals surface area (Å²) in [5.41, 5.74) is 0. The summed E-state index contributed by atoms with van der Waals surface area (Å²) >= 11 is 1.27. The molecule has 3 nitrogen and oxygen atoms in total. The van der Waals surface area contributed by atoms with Gasteiger partial charge in [0, 0.05) is 12.8 Å². The zero-order valence-corrected chi connectivity index (χ0v) is 11.4. The molecule has 1 atom stereocenters. The normalized spacial score (nSPS) is 13.8. The van der Waals surface area contributed by atoms with Crippen LogP contribution in [0.2, 0.25) is 0 Å². The summed E-state index contributed by atoms with van der Waals surface area (Å²) in [6.45, 7) is 4.95. The average molecular weight is 281 g/mol. The molecule has 18 heavy (non-hydrogen) atoms. The van der Waals surface area contributed by atoms with Crippen LogP contribution in [0, 0.1) is 0 Å². The van der Waals surface area contributed by atoms with Gasteiger partial charge in [-0.2, -0.15) is 13.2 Å². The number of hydrogen-bond donors (Lipinski definition) is 1. The van der Waals surface area contributed by atoms with E-state index in [-0.39, 0.29) is 12.5 Å². The minimum Gasteiger partial charge on any atom is -0.308 e. The van der Waals surface area contributed by atoms with Crippen LogP contribution >= 0.6 is 11.3 Å². The second-order valence-electron chi connectivity index (χ2n) is 4.06. The molecule has 0 saturated carbocycles. The summed E-state index contributed by atoms with van der Waals surface area (Å²) < 4.78 is 36.3. The molecule has 1 aromatic heterocycles. The van der Waals surface area contributed by atoms with Crippen LogP contribution in [0.5, 0.6) is 0 Å². The lowest BCUT2D eigenvalue weighted by Gasteiger charge is -2.12. The highest BCUT2D eigenvalue weighted by Gasteiger charge is 2.27. The first-order valence-corrected chi connectivity index (χ1v) is 6.90. The molecule has 0 saturated heterocycles. The summed E-state index contributed by atoms with van der Waals surface area (Å²) in [5.74, 6) is 0. The lowest BCUT2D eigenvalue weighted by Crippen LogP contribution is -2.21. The van der Waals surface area contributed by atoms with Crippen molar-refractivity contribution in [2.75, 3.05) is 6.54 Å². The molecule has 7 heteroatoms. The van der Waals surface area contributed by atoms with Crippen molar-refractivity contribution in [3.8, 4) is 0 Å². The maximum Gasteiger partial charge on any atom is 0.389 e. The number of nitrogens with zero attached hydrogens (tertiary/aromatic N) is 2. The first kappa shape index (κ1) is 15.4. The highest BCUT2D eigenvalue weighted by atomic mass is 32.1. The molecule has 0 amide bonds. The molecule has 0 aliphatic rings. The second kappa shape index (κ2) is 7.04. The third kappa shape index (κ3) is 5.30. The summed E-state index contributed by atoms with van der Waals surface area (Å²) in [7, 11) is 0. The Morgan fingerprint density at radius 3 is 2.56 bits per heavy atom. The van der Waals surface area contributed by atoms with Gasteiger partial charge in [0.25, 0.3) is 0 Å². The van der Waals surface area contributed by atoms with Gasteiger partial charge in [-0.1, -0.05) is 25.2 Å². The van der Waals surface area contributed by atoms with E-state index in [0.29, 0.717) is 5.01 Å². The fraction of sp³-hybridized carbons (Fsp3) is 0.818. The fourth-order valence-electron chi connectivity index (χ4n) is 1.48. The number of alkyl halides is 3. The van der Waals surface area contributed by atoms with Crippen molar-refractivity contribution >= 4 is 11.3 Å². The van der Waals surface area contributed by atoms with E-state index in [0.717, 1.165) is 24.4 Å². The highest BCUT2D eigenvalue weighted by molar-refractivity contribution is 7.11. The minimum atomic E-state index is -4.13. The van der Waals surface area contributed by atoms with Gasteiger partial charge in [-0.3, -0.25) is 0 Å². The molecule has 1 aromatic rings. The van der Waals surface area contributed by atoms with Crippen molar-refractivity contribution in [1.29, 1.82) is 0 Å². The van der Waals surface area contributed by atoms with Crippen LogP contribution in [0.25, 0.3) is 0 Å². The van der Waals surface area contributed by atoms with Crippen LogP contribution in [0.3, 0.4) is 0 Å². The van der Waals surface area contributed by atoms with E-state index in [4.69, 9.17) is 0 Å².